The van der Waals surface area contributed by atoms with Crippen LogP contribution in [0.25, 0.3) is 0 Å². The highest BCUT2D eigenvalue weighted by Crippen LogP contribution is 2.22. The lowest BCUT2D eigenvalue weighted by Gasteiger charge is -2.27. The molecule has 1 rings (SSSR count). The summed E-state index contributed by atoms with van der Waals surface area (Å²) < 4.78 is 5.29. The number of ether oxygens (including phenoxy) is 1. The van der Waals surface area contributed by atoms with Crippen molar-refractivity contribution in [2.75, 3.05) is 13.7 Å². The number of carbonyl (C=O) groups excluding carboxylic acids is 1. The maximum absolute atomic E-state index is 12.4. The lowest BCUT2D eigenvalue weighted by atomic mass is 10.0. The van der Waals surface area contributed by atoms with E-state index in [-0.39, 0.29) is 24.2 Å². The molecule has 0 aromatic heterocycles. The lowest BCUT2D eigenvalue weighted by Crippen LogP contribution is -2.42. The van der Waals surface area contributed by atoms with Crippen molar-refractivity contribution in [2.24, 2.45) is 11.8 Å². The molecular formula is C14H28N2O2. The number of hydrogen-bond acceptors (Lipinski definition) is 3. The highest BCUT2D eigenvalue weighted by Gasteiger charge is 2.40. The second kappa shape index (κ2) is 6.53. The van der Waals surface area contributed by atoms with Crippen LogP contribution in [0.1, 0.15) is 41.0 Å². The molecule has 1 saturated heterocycles. The fraction of sp³-hybridized carbons (Fsp3) is 0.929. The van der Waals surface area contributed by atoms with Crippen LogP contribution in [0, 0.1) is 11.8 Å². The zero-order valence-electron chi connectivity index (χ0n) is 12.6. The molecule has 106 valence electrons. The van der Waals surface area contributed by atoms with Crippen LogP contribution >= 0.6 is 0 Å². The summed E-state index contributed by atoms with van der Waals surface area (Å²) in [4.78, 5) is 14.4. The maximum atomic E-state index is 12.4. The third-order valence-corrected chi connectivity index (χ3v) is 3.51. The summed E-state index contributed by atoms with van der Waals surface area (Å²) in [6, 6.07) is -0.0437. The first-order valence-electron chi connectivity index (χ1n) is 6.96. The van der Waals surface area contributed by atoms with Crippen LogP contribution in [-0.2, 0) is 9.53 Å². The van der Waals surface area contributed by atoms with Gasteiger partial charge in [0.05, 0.1) is 18.3 Å². The Balaban J connectivity index is 2.76. The van der Waals surface area contributed by atoms with Gasteiger partial charge >= 0.3 is 0 Å². The molecule has 0 radical (unpaired) electrons. The Labute approximate surface area is 111 Å². The Hall–Kier alpha value is -0.610. The van der Waals surface area contributed by atoms with Crippen LogP contribution in [0.15, 0.2) is 0 Å². The van der Waals surface area contributed by atoms with Crippen molar-refractivity contribution in [1.82, 2.24) is 10.2 Å². The summed E-state index contributed by atoms with van der Waals surface area (Å²) in [5.41, 5.74) is 0. The van der Waals surface area contributed by atoms with Gasteiger partial charge in [0.15, 0.2) is 0 Å². The van der Waals surface area contributed by atoms with E-state index in [4.69, 9.17) is 4.74 Å². The largest absolute Gasteiger partial charge is 0.380 e. The predicted octanol–water partition coefficient (Wildman–Crippen LogP) is 1.85. The third-order valence-electron chi connectivity index (χ3n) is 3.51. The summed E-state index contributed by atoms with van der Waals surface area (Å²) in [5.74, 6) is 1.12. The van der Waals surface area contributed by atoms with E-state index in [1.807, 2.05) is 11.8 Å². The zero-order valence-corrected chi connectivity index (χ0v) is 12.6. The molecule has 4 heteroatoms. The molecule has 1 heterocycles. The standard InChI is InChI=1S/C14H28N2O2/c1-9(2)7-12-15-13(10(3)4)14(17)16(12)8-11(5)18-6/h9-13,15H,7-8H2,1-6H3. The van der Waals surface area contributed by atoms with Crippen LogP contribution in [0.5, 0.6) is 0 Å². The van der Waals surface area contributed by atoms with Crippen molar-refractivity contribution in [1.29, 1.82) is 0 Å². The molecule has 3 unspecified atom stereocenters. The van der Waals surface area contributed by atoms with Gasteiger partial charge in [-0.25, -0.2) is 0 Å². The third kappa shape index (κ3) is 3.69. The smallest absolute Gasteiger partial charge is 0.241 e. The van der Waals surface area contributed by atoms with Crippen LogP contribution in [-0.4, -0.2) is 42.8 Å². The fourth-order valence-corrected chi connectivity index (χ4v) is 2.39. The number of amides is 1. The van der Waals surface area contributed by atoms with E-state index in [1.165, 1.54) is 0 Å². The van der Waals surface area contributed by atoms with E-state index in [2.05, 4.69) is 33.0 Å². The molecule has 3 atom stereocenters. The van der Waals surface area contributed by atoms with E-state index in [0.29, 0.717) is 18.4 Å². The SMILES string of the molecule is COC(C)CN1C(=O)C(C(C)C)NC1CC(C)C. The molecule has 0 aromatic carbocycles. The van der Waals surface area contributed by atoms with E-state index >= 15 is 0 Å². The monoisotopic (exact) mass is 256 g/mol. The van der Waals surface area contributed by atoms with Gasteiger partial charge in [-0.15, -0.1) is 0 Å². The van der Waals surface area contributed by atoms with Gasteiger partial charge in [-0.2, -0.15) is 0 Å². The highest BCUT2D eigenvalue weighted by molar-refractivity contribution is 5.84. The van der Waals surface area contributed by atoms with Gasteiger partial charge in [-0.1, -0.05) is 27.7 Å². The lowest BCUT2D eigenvalue weighted by molar-refractivity contribution is -0.132. The average molecular weight is 256 g/mol. The van der Waals surface area contributed by atoms with Gasteiger partial charge < -0.3 is 9.64 Å². The predicted molar refractivity (Wildman–Crippen MR) is 73.2 cm³/mol. The minimum atomic E-state index is -0.0437. The summed E-state index contributed by atoms with van der Waals surface area (Å²) >= 11 is 0. The van der Waals surface area contributed by atoms with Crippen LogP contribution in [0.2, 0.25) is 0 Å². The molecule has 4 nitrogen and oxygen atoms in total. The Morgan fingerprint density at radius 1 is 1.28 bits per heavy atom. The minimum absolute atomic E-state index is 0.0437. The number of hydrogen-bond donors (Lipinski definition) is 1. The minimum Gasteiger partial charge on any atom is -0.380 e. The molecule has 0 aromatic rings. The second-order valence-corrected chi connectivity index (χ2v) is 6.07. The first-order valence-corrected chi connectivity index (χ1v) is 6.96. The van der Waals surface area contributed by atoms with Crippen molar-refractivity contribution < 1.29 is 9.53 Å². The topological polar surface area (TPSA) is 41.6 Å². The number of nitrogens with zero attached hydrogens (tertiary/aromatic N) is 1. The number of carbonyl (C=O) groups is 1. The highest BCUT2D eigenvalue weighted by atomic mass is 16.5. The molecule has 1 fully saturated rings. The van der Waals surface area contributed by atoms with Crippen molar-refractivity contribution in [3.63, 3.8) is 0 Å². The quantitative estimate of drug-likeness (QED) is 0.788. The van der Waals surface area contributed by atoms with Crippen LogP contribution < -0.4 is 5.32 Å². The van der Waals surface area contributed by atoms with Gasteiger partial charge in [-0.05, 0) is 25.2 Å². The molecule has 1 amide bonds. The molecule has 1 aliphatic rings. The van der Waals surface area contributed by atoms with Gasteiger partial charge in [0.1, 0.15) is 0 Å². The van der Waals surface area contributed by atoms with Crippen molar-refractivity contribution in [3.8, 4) is 0 Å². The van der Waals surface area contributed by atoms with Crippen molar-refractivity contribution in [2.45, 2.75) is 59.4 Å². The summed E-state index contributed by atoms with van der Waals surface area (Å²) in [6.07, 6.45) is 1.23. The van der Waals surface area contributed by atoms with Crippen LogP contribution in [0.3, 0.4) is 0 Å². The second-order valence-electron chi connectivity index (χ2n) is 6.07. The number of rotatable bonds is 6. The van der Waals surface area contributed by atoms with Crippen LogP contribution in [0.4, 0.5) is 0 Å². The van der Waals surface area contributed by atoms with E-state index in [9.17, 15) is 4.79 Å². The van der Waals surface area contributed by atoms with E-state index < -0.39 is 0 Å². The van der Waals surface area contributed by atoms with Gasteiger partial charge in [0.25, 0.3) is 0 Å². The number of methoxy groups -OCH3 is 1. The molecule has 18 heavy (non-hydrogen) atoms. The molecule has 0 saturated carbocycles. The molecule has 1 aliphatic heterocycles. The molecular weight excluding hydrogens is 228 g/mol. The molecule has 0 spiro atoms. The maximum Gasteiger partial charge on any atom is 0.241 e. The molecule has 0 bridgehead atoms. The van der Waals surface area contributed by atoms with Crippen molar-refractivity contribution in [3.05, 3.63) is 0 Å². The summed E-state index contributed by atoms with van der Waals surface area (Å²) in [7, 11) is 1.69. The van der Waals surface area contributed by atoms with E-state index in [0.717, 1.165) is 6.42 Å². The van der Waals surface area contributed by atoms with E-state index in [1.54, 1.807) is 7.11 Å². The Kier molecular flexibility index (Phi) is 5.60. The van der Waals surface area contributed by atoms with Gasteiger partial charge in [0.2, 0.25) is 5.91 Å². The summed E-state index contributed by atoms with van der Waals surface area (Å²) in [6.45, 7) is 11.2. The average Bonchev–Trinajstić information content (AvgIpc) is 2.56. The Morgan fingerprint density at radius 3 is 2.33 bits per heavy atom. The van der Waals surface area contributed by atoms with Gasteiger partial charge in [0, 0.05) is 13.7 Å². The fourth-order valence-electron chi connectivity index (χ4n) is 2.39. The first-order chi connectivity index (χ1) is 8.36. The normalized spacial score (nSPS) is 26.4. The Morgan fingerprint density at radius 2 is 1.89 bits per heavy atom. The Bertz CT molecular complexity index is 279. The first kappa shape index (κ1) is 15.4. The molecule has 0 aliphatic carbocycles. The van der Waals surface area contributed by atoms with Crippen molar-refractivity contribution >= 4 is 5.91 Å². The zero-order chi connectivity index (χ0) is 13.9. The molecule has 1 N–H and O–H groups in total. The summed E-state index contributed by atoms with van der Waals surface area (Å²) in [5, 5.41) is 3.47. The number of nitrogens with one attached hydrogen (secondary N) is 1. The van der Waals surface area contributed by atoms with Gasteiger partial charge in [-0.3, -0.25) is 10.1 Å².